The van der Waals surface area contributed by atoms with E-state index in [1.807, 2.05) is 6.92 Å². The number of likely N-dealkylation sites (tertiary alicyclic amines) is 1. The molecule has 3 rings (SSSR count). The van der Waals surface area contributed by atoms with E-state index < -0.39 is 23.0 Å². The van der Waals surface area contributed by atoms with E-state index in [0.29, 0.717) is 38.0 Å². The van der Waals surface area contributed by atoms with Crippen molar-refractivity contribution in [1.29, 1.82) is 0 Å². The number of ether oxygens (including phenoxy) is 3. The van der Waals surface area contributed by atoms with E-state index in [1.54, 1.807) is 50.3 Å². The van der Waals surface area contributed by atoms with Crippen molar-refractivity contribution in [1.82, 2.24) is 10.2 Å². The average molecular weight is 504 g/mol. The second-order valence-electron chi connectivity index (χ2n) is 10.6. The highest BCUT2D eigenvalue weighted by Gasteiger charge is 2.39. The van der Waals surface area contributed by atoms with Gasteiger partial charge in [0.1, 0.15) is 24.1 Å². The zero-order valence-corrected chi connectivity index (χ0v) is 22.2. The maximum atomic E-state index is 12.9. The third-order valence-electron chi connectivity index (χ3n) is 7.68. The number of cyclic esters (lactones) is 1. The Bertz CT molecular complexity index is 913. The van der Waals surface area contributed by atoms with Crippen LogP contribution in [0.4, 0.5) is 10.5 Å². The van der Waals surface area contributed by atoms with Crippen LogP contribution in [-0.2, 0) is 19.1 Å². The molecule has 0 saturated carbocycles. The first-order valence-electron chi connectivity index (χ1n) is 12.8. The minimum Gasteiger partial charge on any atom is -0.497 e. The number of carbonyl (C=O) groups excluding carboxylic acids is 3. The van der Waals surface area contributed by atoms with Crippen LogP contribution in [0, 0.1) is 11.8 Å². The van der Waals surface area contributed by atoms with Gasteiger partial charge in [0.05, 0.1) is 18.2 Å². The van der Waals surface area contributed by atoms with E-state index in [0.717, 1.165) is 18.7 Å². The number of rotatable bonds is 3. The number of piperidine rings is 1. The minimum absolute atomic E-state index is 0.123. The van der Waals surface area contributed by atoms with Gasteiger partial charge in [-0.3, -0.25) is 9.59 Å². The smallest absolute Gasteiger partial charge is 0.321 e. The molecule has 2 heterocycles. The standard InChI is InChI=1S/C27H41N3O6/c1-19-16-26(3,35-5)11-10-23(31)20(2)24(32)36-18-27(28-17-19)12-14-30(15-13-27)25(33)29-21-6-8-22(34-4)9-7-21/h6-9,19-20,28H,10-18H2,1-5H3,(H,29,33)/t19-,20?,26?/m1/s1. The van der Waals surface area contributed by atoms with Crippen molar-refractivity contribution in [3.63, 3.8) is 0 Å². The SMILES string of the molecule is COc1ccc(NC(=O)N2CCC3(CC2)COC(=O)C(C)C(=O)CCC(C)(OC)C[C@@H](C)CN3)cc1. The van der Waals surface area contributed by atoms with Crippen molar-refractivity contribution in [3.8, 4) is 5.75 Å². The van der Waals surface area contributed by atoms with Crippen molar-refractivity contribution in [2.75, 3.05) is 45.8 Å². The second kappa shape index (κ2) is 12.1. The number of nitrogens with zero attached hydrogens (tertiary/aromatic N) is 1. The lowest BCUT2D eigenvalue weighted by Gasteiger charge is -2.43. The first kappa shape index (κ1) is 27.9. The highest BCUT2D eigenvalue weighted by Crippen LogP contribution is 2.29. The highest BCUT2D eigenvalue weighted by molar-refractivity contribution is 5.98. The first-order valence-corrected chi connectivity index (χ1v) is 12.8. The molecule has 2 aliphatic heterocycles. The number of ketones is 1. The quantitative estimate of drug-likeness (QED) is 0.479. The lowest BCUT2D eigenvalue weighted by molar-refractivity contribution is -0.154. The Kier molecular flexibility index (Phi) is 9.35. The van der Waals surface area contributed by atoms with E-state index >= 15 is 0 Å². The predicted molar refractivity (Wildman–Crippen MR) is 137 cm³/mol. The topological polar surface area (TPSA) is 106 Å². The second-order valence-corrected chi connectivity index (χ2v) is 10.6. The van der Waals surface area contributed by atoms with Crippen molar-refractivity contribution >= 4 is 23.5 Å². The largest absolute Gasteiger partial charge is 0.497 e. The van der Waals surface area contributed by atoms with Crippen LogP contribution in [0.15, 0.2) is 24.3 Å². The molecule has 36 heavy (non-hydrogen) atoms. The first-order chi connectivity index (χ1) is 17.1. The molecular weight excluding hydrogens is 462 g/mol. The molecular formula is C27H41N3O6. The number of methoxy groups -OCH3 is 2. The number of anilines is 1. The van der Waals surface area contributed by atoms with Crippen molar-refractivity contribution in [3.05, 3.63) is 24.3 Å². The molecule has 1 aromatic rings. The number of urea groups is 1. The molecule has 0 bridgehead atoms. The summed E-state index contributed by atoms with van der Waals surface area (Å²) in [6.07, 6.45) is 2.90. The Labute approximate surface area is 214 Å². The molecule has 9 nitrogen and oxygen atoms in total. The number of hydrogen-bond donors (Lipinski definition) is 2. The zero-order valence-electron chi connectivity index (χ0n) is 22.2. The van der Waals surface area contributed by atoms with Crippen LogP contribution in [0.25, 0.3) is 0 Å². The maximum Gasteiger partial charge on any atom is 0.321 e. The van der Waals surface area contributed by atoms with Gasteiger partial charge in [0, 0.05) is 32.3 Å². The minimum atomic E-state index is -0.809. The van der Waals surface area contributed by atoms with E-state index in [4.69, 9.17) is 14.2 Å². The molecule has 2 amide bonds. The Morgan fingerprint density at radius 3 is 2.39 bits per heavy atom. The van der Waals surface area contributed by atoms with Crippen LogP contribution >= 0.6 is 0 Å². The molecule has 0 aromatic heterocycles. The normalized spacial score (nSPS) is 27.9. The van der Waals surface area contributed by atoms with Gasteiger partial charge in [0.2, 0.25) is 0 Å². The summed E-state index contributed by atoms with van der Waals surface area (Å²) in [6.45, 7) is 7.73. The molecule has 200 valence electrons. The Morgan fingerprint density at radius 2 is 1.78 bits per heavy atom. The molecule has 0 radical (unpaired) electrons. The molecule has 2 N–H and O–H groups in total. The predicted octanol–water partition coefficient (Wildman–Crippen LogP) is 3.62. The third-order valence-corrected chi connectivity index (χ3v) is 7.68. The fraction of sp³-hybridized carbons (Fsp3) is 0.667. The van der Waals surface area contributed by atoms with Gasteiger partial charge in [-0.15, -0.1) is 0 Å². The van der Waals surface area contributed by atoms with Crippen LogP contribution in [0.3, 0.4) is 0 Å². The molecule has 0 aliphatic carbocycles. The van der Waals surface area contributed by atoms with Crippen LogP contribution in [-0.4, -0.2) is 74.3 Å². The molecule has 1 aromatic carbocycles. The Balaban J connectivity index is 1.67. The number of carbonyl (C=O) groups is 3. The van der Waals surface area contributed by atoms with Gasteiger partial charge in [0.15, 0.2) is 0 Å². The number of esters is 1. The number of hydrogen-bond acceptors (Lipinski definition) is 7. The summed E-state index contributed by atoms with van der Waals surface area (Å²) in [7, 11) is 3.27. The summed E-state index contributed by atoms with van der Waals surface area (Å²) >= 11 is 0. The molecule has 2 fully saturated rings. The summed E-state index contributed by atoms with van der Waals surface area (Å²) in [5.41, 5.74) is -0.199. The third kappa shape index (κ3) is 7.20. The van der Waals surface area contributed by atoms with Crippen LogP contribution in [0.1, 0.15) is 52.9 Å². The number of Topliss-reactive ketones (excluding diaryl/α,β-unsaturated/α-hetero) is 1. The molecule has 1 spiro atoms. The Morgan fingerprint density at radius 1 is 1.11 bits per heavy atom. The van der Waals surface area contributed by atoms with E-state index in [9.17, 15) is 14.4 Å². The summed E-state index contributed by atoms with van der Waals surface area (Å²) in [5, 5.41) is 6.59. The van der Waals surface area contributed by atoms with Gasteiger partial charge >= 0.3 is 12.0 Å². The Hall–Kier alpha value is -2.65. The zero-order chi connectivity index (χ0) is 26.3. The number of amides is 2. The lowest BCUT2D eigenvalue weighted by Crippen LogP contribution is -2.58. The van der Waals surface area contributed by atoms with Gasteiger partial charge < -0.3 is 29.7 Å². The fourth-order valence-corrected chi connectivity index (χ4v) is 4.94. The van der Waals surface area contributed by atoms with Crippen molar-refractivity contribution in [2.45, 2.75) is 64.0 Å². The highest BCUT2D eigenvalue weighted by atomic mass is 16.5. The van der Waals surface area contributed by atoms with Gasteiger partial charge in [-0.25, -0.2) is 4.79 Å². The van der Waals surface area contributed by atoms with Gasteiger partial charge in [0.25, 0.3) is 0 Å². The van der Waals surface area contributed by atoms with Crippen LogP contribution in [0.2, 0.25) is 0 Å². The van der Waals surface area contributed by atoms with Gasteiger partial charge in [-0.1, -0.05) is 6.92 Å². The van der Waals surface area contributed by atoms with E-state index in [-0.39, 0.29) is 30.8 Å². The van der Waals surface area contributed by atoms with Crippen molar-refractivity contribution in [2.24, 2.45) is 11.8 Å². The monoisotopic (exact) mass is 503 g/mol. The summed E-state index contributed by atoms with van der Waals surface area (Å²) in [6, 6.07) is 7.04. The van der Waals surface area contributed by atoms with Crippen molar-refractivity contribution < 1.29 is 28.6 Å². The van der Waals surface area contributed by atoms with Gasteiger partial charge in [-0.05, 0) is 76.3 Å². The van der Waals surface area contributed by atoms with Crippen LogP contribution in [0.5, 0.6) is 5.75 Å². The summed E-state index contributed by atoms with van der Waals surface area (Å²) < 4.78 is 16.6. The molecule has 2 unspecified atom stereocenters. The van der Waals surface area contributed by atoms with Gasteiger partial charge in [-0.2, -0.15) is 0 Å². The summed E-state index contributed by atoms with van der Waals surface area (Å²) in [5.74, 6) is -0.416. The average Bonchev–Trinajstić information content (AvgIpc) is 2.89. The number of benzene rings is 1. The van der Waals surface area contributed by atoms with E-state index in [1.165, 1.54) is 0 Å². The fourth-order valence-electron chi connectivity index (χ4n) is 4.94. The summed E-state index contributed by atoms with van der Waals surface area (Å²) in [4.78, 5) is 40.0. The molecule has 9 heteroatoms. The number of nitrogens with one attached hydrogen (secondary N) is 2. The molecule has 2 aliphatic rings. The van der Waals surface area contributed by atoms with E-state index in [2.05, 4.69) is 17.6 Å². The lowest BCUT2D eigenvalue weighted by atomic mass is 9.85. The molecule has 3 atom stereocenters. The molecule has 2 saturated heterocycles. The maximum absolute atomic E-state index is 12.9. The van der Waals surface area contributed by atoms with Crippen LogP contribution < -0.4 is 15.4 Å².